The molecule has 0 spiro atoms. The number of thioether (sulfide) groups is 1. The first-order chi connectivity index (χ1) is 7.81. The number of hydrogen-bond donors (Lipinski definition) is 1. The highest BCUT2D eigenvalue weighted by molar-refractivity contribution is 7.98. The monoisotopic (exact) mass is 234 g/mol. The molecule has 0 aromatic carbocycles. The second kappa shape index (κ2) is 4.75. The fraction of sp³-hybridized carbons (Fsp3) is 0.111. The average molecular weight is 234 g/mol. The first kappa shape index (κ1) is 10.6. The van der Waals surface area contributed by atoms with Crippen LogP contribution in [0.2, 0.25) is 0 Å². The number of nitrogens with two attached hydrogens (primary N) is 1. The lowest BCUT2D eigenvalue weighted by molar-refractivity contribution is 0.762. The highest BCUT2D eigenvalue weighted by atomic mass is 32.2. The average Bonchev–Trinajstić information content (AvgIpc) is 2.77. The zero-order valence-corrected chi connectivity index (χ0v) is 9.42. The van der Waals surface area contributed by atoms with Crippen LogP contribution < -0.4 is 5.73 Å². The van der Waals surface area contributed by atoms with Crippen molar-refractivity contribution in [3.05, 3.63) is 36.4 Å². The van der Waals surface area contributed by atoms with E-state index in [1.54, 1.807) is 29.2 Å². The molecule has 7 heteroatoms. The van der Waals surface area contributed by atoms with Crippen molar-refractivity contribution in [2.45, 2.75) is 5.16 Å². The lowest BCUT2D eigenvalue weighted by Gasteiger charge is -2.01. The van der Waals surface area contributed by atoms with Gasteiger partial charge in [0.25, 0.3) is 0 Å². The van der Waals surface area contributed by atoms with E-state index < -0.39 is 0 Å². The molecule has 0 fully saturated rings. The smallest absolute Gasteiger partial charge is 0.211 e. The third-order valence-corrected chi connectivity index (χ3v) is 2.51. The number of amidine groups is 1. The van der Waals surface area contributed by atoms with Crippen LogP contribution in [0.15, 0.2) is 41.1 Å². The maximum atomic E-state index is 5.85. The van der Waals surface area contributed by atoms with Crippen LogP contribution in [0.4, 0.5) is 0 Å². The number of rotatable bonds is 3. The quantitative estimate of drug-likeness (QED) is 0.477. The van der Waals surface area contributed by atoms with Crippen molar-refractivity contribution in [2.75, 3.05) is 6.26 Å². The molecule has 0 amide bonds. The van der Waals surface area contributed by atoms with E-state index >= 15 is 0 Å². The van der Waals surface area contributed by atoms with Crippen molar-refractivity contribution >= 4 is 17.6 Å². The molecule has 0 aliphatic carbocycles. The molecule has 82 valence electrons. The maximum absolute atomic E-state index is 5.85. The van der Waals surface area contributed by atoms with Gasteiger partial charge in [-0.3, -0.25) is 4.98 Å². The first-order valence-electron chi connectivity index (χ1n) is 4.50. The highest BCUT2D eigenvalue weighted by Crippen LogP contribution is 2.09. The summed E-state index contributed by atoms with van der Waals surface area (Å²) in [6, 6.07) is 3.59. The Morgan fingerprint density at radius 2 is 2.19 bits per heavy atom. The minimum atomic E-state index is 0.400. The van der Waals surface area contributed by atoms with Crippen LogP contribution in [0.3, 0.4) is 0 Å². The molecule has 0 bridgehead atoms. The number of pyridine rings is 1. The maximum Gasteiger partial charge on any atom is 0.211 e. The van der Waals surface area contributed by atoms with E-state index in [1.165, 1.54) is 18.1 Å². The largest absolute Gasteiger partial charge is 0.382 e. The number of hydrogen-bond acceptors (Lipinski definition) is 5. The van der Waals surface area contributed by atoms with Gasteiger partial charge in [0.1, 0.15) is 6.33 Å². The number of nitrogens with zero attached hydrogens (tertiary/aromatic N) is 5. The molecule has 16 heavy (non-hydrogen) atoms. The van der Waals surface area contributed by atoms with Crippen LogP contribution in [0.25, 0.3) is 0 Å². The Labute approximate surface area is 96.6 Å². The van der Waals surface area contributed by atoms with Crippen molar-refractivity contribution in [3.63, 3.8) is 0 Å². The third-order valence-electron chi connectivity index (χ3n) is 1.87. The number of aromatic nitrogens is 4. The molecule has 2 heterocycles. The van der Waals surface area contributed by atoms with Gasteiger partial charge in [0, 0.05) is 18.0 Å². The fourth-order valence-corrected chi connectivity index (χ4v) is 1.52. The standard InChI is InChI=1S/C9H10N6S/c1-16-9-13-12-6-15(9)14-8(10)7-2-4-11-5-3-7/h2-6H,1H3,(H2,10,14). The molecular weight excluding hydrogens is 224 g/mol. The van der Waals surface area contributed by atoms with Crippen LogP contribution in [0.5, 0.6) is 0 Å². The molecule has 0 atom stereocenters. The van der Waals surface area contributed by atoms with Crippen LogP contribution in [0.1, 0.15) is 5.56 Å². The van der Waals surface area contributed by atoms with E-state index in [1.807, 2.05) is 6.26 Å². The summed E-state index contributed by atoms with van der Waals surface area (Å²) >= 11 is 1.45. The van der Waals surface area contributed by atoms with Gasteiger partial charge < -0.3 is 5.73 Å². The van der Waals surface area contributed by atoms with Crippen LogP contribution in [0, 0.1) is 0 Å². The lowest BCUT2D eigenvalue weighted by atomic mass is 10.2. The van der Waals surface area contributed by atoms with Crippen molar-refractivity contribution < 1.29 is 0 Å². The molecular formula is C9H10N6S. The molecule has 0 saturated heterocycles. The van der Waals surface area contributed by atoms with E-state index in [0.29, 0.717) is 11.0 Å². The van der Waals surface area contributed by atoms with Gasteiger partial charge in [0.05, 0.1) is 0 Å². The molecule has 2 N–H and O–H groups in total. The molecule has 2 rings (SSSR count). The van der Waals surface area contributed by atoms with Crippen LogP contribution in [-0.2, 0) is 0 Å². The summed E-state index contributed by atoms with van der Waals surface area (Å²) in [6.07, 6.45) is 6.75. The molecule has 0 unspecified atom stereocenters. The molecule has 0 saturated carbocycles. The summed E-state index contributed by atoms with van der Waals surface area (Å²) in [5.74, 6) is 0.400. The van der Waals surface area contributed by atoms with E-state index in [9.17, 15) is 0 Å². The van der Waals surface area contributed by atoms with E-state index in [-0.39, 0.29) is 0 Å². The van der Waals surface area contributed by atoms with E-state index in [0.717, 1.165) is 5.56 Å². The Kier molecular flexibility index (Phi) is 3.16. The normalized spacial score (nSPS) is 11.7. The summed E-state index contributed by atoms with van der Waals surface area (Å²) in [4.78, 5) is 3.91. The molecule has 2 aromatic rings. The summed E-state index contributed by atoms with van der Waals surface area (Å²) < 4.78 is 1.54. The summed E-state index contributed by atoms with van der Waals surface area (Å²) in [6.45, 7) is 0. The lowest BCUT2D eigenvalue weighted by Crippen LogP contribution is -2.15. The third kappa shape index (κ3) is 2.19. The zero-order chi connectivity index (χ0) is 11.4. The van der Waals surface area contributed by atoms with Gasteiger partial charge in [0.2, 0.25) is 5.16 Å². The minimum absolute atomic E-state index is 0.400. The second-order valence-electron chi connectivity index (χ2n) is 2.88. The fourth-order valence-electron chi connectivity index (χ4n) is 1.12. The Balaban J connectivity index is 2.31. The van der Waals surface area contributed by atoms with Gasteiger partial charge in [0.15, 0.2) is 5.84 Å². The van der Waals surface area contributed by atoms with E-state index in [2.05, 4.69) is 20.3 Å². The minimum Gasteiger partial charge on any atom is -0.382 e. The van der Waals surface area contributed by atoms with Crippen molar-refractivity contribution in [2.24, 2.45) is 10.8 Å². The van der Waals surface area contributed by atoms with Gasteiger partial charge in [-0.1, -0.05) is 11.8 Å². The molecule has 2 aromatic heterocycles. The second-order valence-corrected chi connectivity index (χ2v) is 3.66. The van der Waals surface area contributed by atoms with E-state index in [4.69, 9.17) is 5.73 Å². The van der Waals surface area contributed by atoms with Crippen molar-refractivity contribution in [1.29, 1.82) is 0 Å². The SMILES string of the molecule is CSc1nncn1N=C(N)c1ccncc1. The summed E-state index contributed by atoms with van der Waals surface area (Å²) in [5.41, 5.74) is 6.66. The molecule has 0 aliphatic rings. The van der Waals surface area contributed by atoms with Gasteiger partial charge in [-0.15, -0.1) is 15.3 Å². The Hall–Kier alpha value is -1.89. The summed E-state index contributed by atoms with van der Waals surface area (Å²) in [5, 5.41) is 12.5. The predicted octanol–water partition coefficient (Wildman–Crippen LogP) is 0.564. The van der Waals surface area contributed by atoms with Crippen molar-refractivity contribution in [3.8, 4) is 0 Å². The van der Waals surface area contributed by atoms with Crippen LogP contribution in [-0.4, -0.2) is 31.9 Å². The topological polar surface area (TPSA) is 82.0 Å². The first-order valence-corrected chi connectivity index (χ1v) is 5.72. The highest BCUT2D eigenvalue weighted by Gasteiger charge is 2.02. The van der Waals surface area contributed by atoms with Gasteiger partial charge >= 0.3 is 0 Å². The van der Waals surface area contributed by atoms with Gasteiger partial charge in [-0.25, -0.2) is 0 Å². The zero-order valence-electron chi connectivity index (χ0n) is 8.61. The Morgan fingerprint density at radius 1 is 1.44 bits per heavy atom. The van der Waals surface area contributed by atoms with Gasteiger partial charge in [-0.2, -0.15) is 4.68 Å². The Bertz CT molecular complexity index is 492. The summed E-state index contributed by atoms with van der Waals surface area (Å²) in [7, 11) is 0. The van der Waals surface area contributed by atoms with Gasteiger partial charge in [-0.05, 0) is 18.4 Å². The molecule has 0 aliphatic heterocycles. The van der Waals surface area contributed by atoms with Crippen LogP contribution >= 0.6 is 11.8 Å². The predicted molar refractivity (Wildman–Crippen MR) is 62.2 cm³/mol. The Morgan fingerprint density at radius 3 is 2.88 bits per heavy atom. The molecule has 0 radical (unpaired) electrons. The van der Waals surface area contributed by atoms with Crippen molar-refractivity contribution in [1.82, 2.24) is 19.9 Å². The molecule has 6 nitrogen and oxygen atoms in total.